The number of carbonyl (C=O) groups is 1. The minimum Gasteiger partial charge on any atom is -0.343 e. The molecule has 0 aliphatic carbocycles. The fourth-order valence-electron chi connectivity index (χ4n) is 1.40. The van der Waals surface area contributed by atoms with E-state index in [-0.39, 0.29) is 12.0 Å². The average Bonchev–Trinajstić information content (AvgIpc) is 2.03. The molecule has 0 bridgehead atoms. The fourth-order valence-corrected chi connectivity index (χ4v) is 1.40. The lowest BCUT2D eigenvalue weighted by atomic mass is 10.1. The summed E-state index contributed by atoms with van der Waals surface area (Å²) in [7, 11) is 0. The van der Waals surface area contributed by atoms with E-state index >= 15 is 0 Å². The van der Waals surface area contributed by atoms with Crippen LogP contribution in [0.3, 0.4) is 0 Å². The third-order valence-corrected chi connectivity index (χ3v) is 1.84. The quantitative estimate of drug-likeness (QED) is 0.679. The van der Waals surface area contributed by atoms with Crippen LogP contribution in [0.25, 0.3) is 0 Å². The zero-order valence-electron chi connectivity index (χ0n) is 8.18. The summed E-state index contributed by atoms with van der Waals surface area (Å²) >= 11 is 0. The highest BCUT2D eigenvalue weighted by Crippen LogP contribution is 2.21. The molecule has 1 heterocycles. The van der Waals surface area contributed by atoms with E-state index in [1.165, 1.54) is 0 Å². The summed E-state index contributed by atoms with van der Waals surface area (Å²) in [6, 6.07) is 0. The summed E-state index contributed by atoms with van der Waals surface area (Å²) in [5.41, 5.74) is -0.476. The van der Waals surface area contributed by atoms with Crippen molar-refractivity contribution in [3.05, 3.63) is 0 Å². The van der Waals surface area contributed by atoms with E-state index in [1.54, 1.807) is 0 Å². The first-order valence-corrected chi connectivity index (χ1v) is 4.40. The lowest BCUT2D eigenvalue weighted by molar-refractivity contribution is -0.124. The van der Waals surface area contributed by atoms with Crippen molar-refractivity contribution in [2.24, 2.45) is 5.92 Å². The van der Waals surface area contributed by atoms with Crippen LogP contribution in [0.5, 0.6) is 0 Å². The molecule has 0 aromatic heterocycles. The highest BCUT2D eigenvalue weighted by molar-refractivity contribution is 5.83. The van der Waals surface area contributed by atoms with Crippen LogP contribution in [0, 0.1) is 5.92 Å². The van der Waals surface area contributed by atoms with Gasteiger partial charge in [0.15, 0.2) is 0 Å². The van der Waals surface area contributed by atoms with Crippen molar-refractivity contribution in [1.29, 1.82) is 0 Å². The molecular weight excluding hydrogens is 154 g/mol. The largest absolute Gasteiger partial charge is 0.343 e. The van der Waals surface area contributed by atoms with Crippen molar-refractivity contribution in [3.63, 3.8) is 0 Å². The van der Waals surface area contributed by atoms with Crippen LogP contribution in [0.1, 0.15) is 34.1 Å². The van der Waals surface area contributed by atoms with Crippen molar-refractivity contribution in [2.75, 3.05) is 0 Å². The third kappa shape index (κ3) is 2.21. The molecule has 0 spiro atoms. The van der Waals surface area contributed by atoms with E-state index in [2.05, 4.69) is 19.2 Å². The first kappa shape index (κ1) is 9.52. The maximum absolute atomic E-state index is 11.3. The molecule has 0 aromatic carbocycles. The molecule has 1 atom stereocenters. The normalized spacial score (nSPS) is 27.8. The van der Waals surface area contributed by atoms with Gasteiger partial charge in [-0.15, -0.1) is 0 Å². The third-order valence-electron chi connectivity index (χ3n) is 1.84. The van der Waals surface area contributed by atoms with Gasteiger partial charge >= 0.3 is 0 Å². The standard InChI is InChI=1S/C9H17NO2/c1-6(2)5-7-8(11)10-9(3,4)12-7/h6-7H,5H2,1-4H3,(H,10,11)/t7-/m0/s1. The topological polar surface area (TPSA) is 38.3 Å². The van der Waals surface area contributed by atoms with Gasteiger partial charge in [-0.2, -0.15) is 0 Å². The predicted molar refractivity (Wildman–Crippen MR) is 46.5 cm³/mol. The van der Waals surface area contributed by atoms with Crippen LogP contribution in [-0.2, 0) is 9.53 Å². The van der Waals surface area contributed by atoms with E-state index in [1.807, 2.05) is 13.8 Å². The van der Waals surface area contributed by atoms with E-state index in [0.29, 0.717) is 5.92 Å². The molecule has 1 saturated heterocycles. The predicted octanol–water partition coefficient (Wildman–Crippen LogP) is 1.28. The van der Waals surface area contributed by atoms with Crippen LogP contribution in [0.15, 0.2) is 0 Å². The van der Waals surface area contributed by atoms with Gasteiger partial charge in [0.1, 0.15) is 11.8 Å². The second kappa shape index (κ2) is 3.05. The Kier molecular flexibility index (Phi) is 2.42. The smallest absolute Gasteiger partial charge is 0.251 e. The van der Waals surface area contributed by atoms with E-state index in [4.69, 9.17) is 4.74 Å². The number of hydrogen-bond acceptors (Lipinski definition) is 2. The van der Waals surface area contributed by atoms with Gasteiger partial charge in [-0.3, -0.25) is 4.79 Å². The van der Waals surface area contributed by atoms with E-state index in [0.717, 1.165) is 6.42 Å². The molecule has 1 amide bonds. The molecule has 1 aliphatic rings. The maximum Gasteiger partial charge on any atom is 0.251 e. The van der Waals surface area contributed by atoms with Gasteiger partial charge in [-0.05, 0) is 26.2 Å². The van der Waals surface area contributed by atoms with Gasteiger partial charge in [0, 0.05) is 0 Å². The van der Waals surface area contributed by atoms with Crippen molar-refractivity contribution in [3.8, 4) is 0 Å². The SMILES string of the molecule is CC(C)C[C@@H]1OC(C)(C)NC1=O. The van der Waals surface area contributed by atoms with Crippen molar-refractivity contribution < 1.29 is 9.53 Å². The summed E-state index contributed by atoms with van der Waals surface area (Å²) in [6.45, 7) is 7.90. The summed E-state index contributed by atoms with van der Waals surface area (Å²) < 4.78 is 5.51. The van der Waals surface area contributed by atoms with Crippen molar-refractivity contribution in [2.45, 2.75) is 45.9 Å². The summed E-state index contributed by atoms with van der Waals surface area (Å²) in [4.78, 5) is 11.3. The number of nitrogens with one attached hydrogen (secondary N) is 1. The van der Waals surface area contributed by atoms with Crippen LogP contribution in [0.4, 0.5) is 0 Å². The molecular formula is C9H17NO2. The lowest BCUT2D eigenvalue weighted by Crippen LogP contribution is -2.35. The van der Waals surface area contributed by atoms with Gasteiger partial charge in [0.25, 0.3) is 5.91 Å². The van der Waals surface area contributed by atoms with Crippen LogP contribution in [-0.4, -0.2) is 17.7 Å². The van der Waals surface area contributed by atoms with Crippen LogP contribution >= 0.6 is 0 Å². The molecule has 0 radical (unpaired) electrons. The Morgan fingerprint density at radius 1 is 1.58 bits per heavy atom. The molecule has 0 saturated carbocycles. The van der Waals surface area contributed by atoms with Gasteiger partial charge in [-0.25, -0.2) is 0 Å². The lowest BCUT2D eigenvalue weighted by Gasteiger charge is -2.17. The monoisotopic (exact) mass is 171 g/mol. The average molecular weight is 171 g/mol. The molecule has 1 rings (SSSR count). The van der Waals surface area contributed by atoms with Crippen molar-refractivity contribution in [1.82, 2.24) is 5.32 Å². The Morgan fingerprint density at radius 2 is 2.17 bits per heavy atom. The molecule has 70 valence electrons. The first-order valence-electron chi connectivity index (χ1n) is 4.40. The van der Waals surface area contributed by atoms with Gasteiger partial charge < -0.3 is 10.1 Å². The zero-order chi connectivity index (χ0) is 9.35. The Morgan fingerprint density at radius 3 is 2.50 bits per heavy atom. The van der Waals surface area contributed by atoms with Gasteiger partial charge in [-0.1, -0.05) is 13.8 Å². The highest BCUT2D eigenvalue weighted by Gasteiger charge is 2.37. The maximum atomic E-state index is 11.3. The van der Waals surface area contributed by atoms with Crippen LogP contribution in [0.2, 0.25) is 0 Å². The minimum atomic E-state index is -0.476. The molecule has 0 unspecified atom stereocenters. The fraction of sp³-hybridized carbons (Fsp3) is 0.889. The summed E-state index contributed by atoms with van der Waals surface area (Å²) in [6.07, 6.45) is 0.551. The van der Waals surface area contributed by atoms with Gasteiger partial charge in [0.2, 0.25) is 0 Å². The number of amides is 1. The number of hydrogen-bond donors (Lipinski definition) is 1. The number of ether oxygens (including phenoxy) is 1. The Labute approximate surface area is 73.5 Å². The number of carbonyl (C=O) groups excluding carboxylic acids is 1. The molecule has 1 N–H and O–H groups in total. The van der Waals surface area contributed by atoms with E-state index in [9.17, 15) is 4.79 Å². The summed E-state index contributed by atoms with van der Waals surface area (Å²) in [5.74, 6) is 0.517. The highest BCUT2D eigenvalue weighted by atomic mass is 16.5. The van der Waals surface area contributed by atoms with E-state index < -0.39 is 5.72 Å². The molecule has 1 fully saturated rings. The molecule has 3 heteroatoms. The molecule has 3 nitrogen and oxygen atoms in total. The Balaban J connectivity index is 2.53. The number of rotatable bonds is 2. The molecule has 1 aliphatic heterocycles. The Bertz CT molecular complexity index is 187. The first-order chi connectivity index (χ1) is 5.41. The minimum absolute atomic E-state index is 0.0219. The van der Waals surface area contributed by atoms with Crippen LogP contribution < -0.4 is 5.32 Å². The molecule has 0 aromatic rings. The Hall–Kier alpha value is -0.570. The second-order valence-corrected chi connectivity index (χ2v) is 4.24. The molecule has 12 heavy (non-hydrogen) atoms. The zero-order valence-corrected chi connectivity index (χ0v) is 8.18. The summed E-state index contributed by atoms with van der Waals surface area (Å²) in [5, 5.41) is 2.79. The van der Waals surface area contributed by atoms with Gasteiger partial charge in [0.05, 0.1) is 0 Å². The second-order valence-electron chi connectivity index (χ2n) is 4.24. The van der Waals surface area contributed by atoms with Crippen molar-refractivity contribution >= 4 is 5.91 Å².